The van der Waals surface area contributed by atoms with E-state index in [2.05, 4.69) is 5.32 Å². The van der Waals surface area contributed by atoms with Crippen LogP contribution in [0.4, 0.5) is 10.1 Å². The number of hydrogen-bond donors (Lipinski definition) is 1. The second-order valence-corrected chi connectivity index (χ2v) is 6.57. The molecule has 0 unspecified atom stereocenters. The first-order valence-electron chi connectivity index (χ1n) is 9.06. The summed E-state index contributed by atoms with van der Waals surface area (Å²) in [6.07, 6.45) is 3.49. The molecule has 1 N–H and O–H groups in total. The van der Waals surface area contributed by atoms with Crippen LogP contribution in [0.5, 0.6) is 0 Å². The molecule has 3 rings (SSSR count). The van der Waals surface area contributed by atoms with Crippen LogP contribution in [0.1, 0.15) is 41.6 Å². The number of hydrogen-bond acceptors (Lipinski definition) is 2. The third-order valence-corrected chi connectivity index (χ3v) is 4.59. The number of benzene rings is 2. The Morgan fingerprint density at radius 3 is 2.58 bits per heavy atom. The summed E-state index contributed by atoms with van der Waals surface area (Å²) in [5.41, 5.74) is 1.83. The molecule has 0 saturated carbocycles. The largest absolute Gasteiger partial charge is 0.339 e. The molecule has 0 radical (unpaired) electrons. The third kappa shape index (κ3) is 4.69. The highest BCUT2D eigenvalue weighted by molar-refractivity contribution is 5.97. The highest BCUT2D eigenvalue weighted by Gasteiger charge is 2.19. The van der Waals surface area contributed by atoms with Crippen LogP contribution in [0, 0.1) is 5.82 Å². The minimum Gasteiger partial charge on any atom is -0.339 e. The number of amides is 2. The Hall–Kier alpha value is -2.69. The molecule has 0 bridgehead atoms. The first-order valence-corrected chi connectivity index (χ1v) is 9.06. The van der Waals surface area contributed by atoms with Crippen molar-refractivity contribution in [2.24, 2.45) is 0 Å². The molecular weight excluding hydrogens is 331 g/mol. The van der Waals surface area contributed by atoms with E-state index in [0.29, 0.717) is 36.1 Å². The van der Waals surface area contributed by atoms with E-state index < -0.39 is 0 Å². The van der Waals surface area contributed by atoms with Gasteiger partial charge in [0.25, 0.3) is 5.91 Å². The number of aryl methyl sites for hydroxylation is 1. The standard InChI is InChI=1S/C21H23FN2O2/c22-19-11-2-1-7-16(19)8-6-12-20(25)23-18-10-5-9-17(15-18)21(26)24-13-3-4-14-24/h1-2,5,7,9-11,15H,3-4,6,8,12-14H2,(H,23,25). The van der Waals surface area contributed by atoms with Gasteiger partial charge in [0.1, 0.15) is 5.82 Å². The van der Waals surface area contributed by atoms with E-state index in [1.54, 1.807) is 42.5 Å². The van der Waals surface area contributed by atoms with Crippen molar-refractivity contribution in [1.82, 2.24) is 4.90 Å². The van der Waals surface area contributed by atoms with Gasteiger partial charge in [-0.2, -0.15) is 0 Å². The number of anilines is 1. The molecule has 4 nitrogen and oxygen atoms in total. The van der Waals surface area contributed by atoms with Crippen molar-refractivity contribution in [2.75, 3.05) is 18.4 Å². The van der Waals surface area contributed by atoms with E-state index in [1.165, 1.54) is 6.07 Å². The monoisotopic (exact) mass is 354 g/mol. The van der Waals surface area contributed by atoms with E-state index in [9.17, 15) is 14.0 Å². The zero-order valence-electron chi connectivity index (χ0n) is 14.7. The van der Waals surface area contributed by atoms with Crippen molar-refractivity contribution in [3.05, 3.63) is 65.5 Å². The first kappa shape index (κ1) is 18.1. The molecule has 1 aliphatic heterocycles. The average Bonchev–Trinajstić information content (AvgIpc) is 3.17. The normalized spacial score (nSPS) is 13.7. The Morgan fingerprint density at radius 2 is 1.81 bits per heavy atom. The molecule has 0 aromatic heterocycles. The van der Waals surface area contributed by atoms with Gasteiger partial charge in [0, 0.05) is 30.8 Å². The van der Waals surface area contributed by atoms with Gasteiger partial charge < -0.3 is 10.2 Å². The Kier molecular flexibility index (Phi) is 6.00. The van der Waals surface area contributed by atoms with Crippen LogP contribution in [-0.2, 0) is 11.2 Å². The highest BCUT2D eigenvalue weighted by Crippen LogP contribution is 2.17. The van der Waals surface area contributed by atoms with Gasteiger partial charge in [-0.25, -0.2) is 4.39 Å². The summed E-state index contributed by atoms with van der Waals surface area (Å²) >= 11 is 0. The summed E-state index contributed by atoms with van der Waals surface area (Å²) < 4.78 is 13.6. The van der Waals surface area contributed by atoms with Crippen LogP contribution >= 0.6 is 0 Å². The van der Waals surface area contributed by atoms with Gasteiger partial charge in [-0.3, -0.25) is 9.59 Å². The number of nitrogens with one attached hydrogen (secondary N) is 1. The van der Waals surface area contributed by atoms with Gasteiger partial charge >= 0.3 is 0 Å². The van der Waals surface area contributed by atoms with Crippen molar-refractivity contribution in [2.45, 2.75) is 32.1 Å². The number of likely N-dealkylation sites (tertiary alicyclic amines) is 1. The van der Waals surface area contributed by atoms with E-state index in [0.717, 1.165) is 25.9 Å². The minimum absolute atomic E-state index is 0.0122. The Labute approximate surface area is 153 Å². The predicted octanol–water partition coefficient (Wildman–Crippen LogP) is 4.02. The molecule has 26 heavy (non-hydrogen) atoms. The molecule has 1 heterocycles. The van der Waals surface area contributed by atoms with Crippen LogP contribution in [0.25, 0.3) is 0 Å². The van der Waals surface area contributed by atoms with Crippen LogP contribution in [0.3, 0.4) is 0 Å². The maximum Gasteiger partial charge on any atom is 0.253 e. The van der Waals surface area contributed by atoms with Gasteiger partial charge in [-0.15, -0.1) is 0 Å². The van der Waals surface area contributed by atoms with Gasteiger partial charge in [0.05, 0.1) is 0 Å². The fourth-order valence-corrected chi connectivity index (χ4v) is 3.20. The van der Waals surface area contributed by atoms with Crippen molar-refractivity contribution < 1.29 is 14.0 Å². The number of carbonyl (C=O) groups is 2. The van der Waals surface area contributed by atoms with E-state index in [1.807, 2.05) is 4.90 Å². The molecule has 0 atom stereocenters. The van der Waals surface area contributed by atoms with Gasteiger partial charge in [-0.1, -0.05) is 24.3 Å². The van der Waals surface area contributed by atoms with Crippen LogP contribution in [-0.4, -0.2) is 29.8 Å². The summed E-state index contributed by atoms with van der Waals surface area (Å²) in [7, 11) is 0. The smallest absolute Gasteiger partial charge is 0.253 e. The third-order valence-electron chi connectivity index (χ3n) is 4.59. The van der Waals surface area contributed by atoms with Crippen LogP contribution in [0.15, 0.2) is 48.5 Å². The quantitative estimate of drug-likeness (QED) is 0.852. The highest BCUT2D eigenvalue weighted by atomic mass is 19.1. The van der Waals surface area contributed by atoms with Crippen LogP contribution in [0.2, 0.25) is 0 Å². The zero-order valence-corrected chi connectivity index (χ0v) is 14.7. The maximum absolute atomic E-state index is 13.6. The lowest BCUT2D eigenvalue weighted by Crippen LogP contribution is -2.27. The summed E-state index contributed by atoms with van der Waals surface area (Å²) in [6.45, 7) is 1.59. The van der Waals surface area contributed by atoms with E-state index in [-0.39, 0.29) is 17.6 Å². The van der Waals surface area contributed by atoms with Gasteiger partial charge in [-0.05, 0) is 55.5 Å². The number of halogens is 1. The second kappa shape index (κ2) is 8.61. The number of carbonyl (C=O) groups excluding carboxylic acids is 2. The molecule has 0 spiro atoms. The molecule has 1 fully saturated rings. The fraction of sp³-hybridized carbons (Fsp3) is 0.333. The van der Waals surface area contributed by atoms with Crippen LogP contribution < -0.4 is 5.32 Å². The summed E-state index contributed by atoms with van der Waals surface area (Å²) in [6, 6.07) is 13.7. The van der Waals surface area contributed by atoms with E-state index >= 15 is 0 Å². The lowest BCUT2D eigenvalue weighted by Gasteiger charge is -2.15. The molecule has 1 aliphatic rings. The summed E-state index contributed by atoms with van der Waals surface area (Å²) in [4.78, 5) is 26.4. The fourth-order valence-electron chi connectivity index (χ4n) is 3.20. The maximum atomic E-state index is 13.6. The Balaban J connectivity index is 1.52. The number of rotatable bonds is 6. The lowest BCUT2D eigenvalue weighted by molar-refractivity contribution is -0.116. The summed E-state index contributed by atoms with van der Waals surface area (Å²) in [5, 5.41) is 2.83. The SMILES string of the molecule is O=C(CCCc1ccccc1F)Nc1cccc(C(=O)N2CCCC2)c1. The molecule has 2 aromatic rings. The molecule has 0 aliphatic carbocycles. The predicted molar refractivity (Wildman–Crippen MR) is 99.5 cm³/mol. The van der Waals surface area contributed by atoms with Crippen molar-refractivity contribution >= 4 is 17.5 Å². The lowest BCUT2D eigenvalue weighted by atomic mass is 10.1. The Morgan fingerprint density at radius 1 is 1.04 bits per heavy atom. The van der Waals surface area contributed by atoms with Gasteiger partial charge in [0.15, 0.2) is 0 Å². The van der Waals surface area contributed by atoms with Crippen molar-refractivity contribution in [3.63, 3.8) is 0 Å². The first-order chi connectivity index (χ1) is 12.6. The molecule has 136 valence electrons. The zero-order chi connectivity index (χ0) is 18.4. The summed E-state index contributed by atoms with van der Waals surface area (Å²) in [5.74, 6) is -0.355. The number of nitrogens with zero attached hydrogens (tertiary/aromatic N) is 1. The topological polar surface area (TPSA) is 49.4 Å². The second-order valence-electron chi connectivity index (χ2n) is 6.57. The molecular formula is C21H23FN2O2. The molecule has 2 aromatic carbocycles. The average molecular weight is 354 g/mol. The molecule has 5 heteroatoms. The van der Waals surface area contributed by atoms with Gasteiger partial charge in [0.2, 0.25) is 5.91 Å². The van der Waals surface area contributed by atoms with Crippen molar-refractivity contribution in [1.29, 1.82) is 0 Å². The molecule has 1 saturated heterocycles. The Bertz CT molecular complexity index is 785. The minimum atomic E-state index is -0.235. The molecule has 2 amide bonds. The van der Waals surface area contributed by atoms with Crippen molar-refractivity contribution in [3.8, 4) is 0 Å². The van der Waals surface area contributed by atoms with E-state index in [4.69, 9.17) is 0 Å².